The van der Waals surface area contributed by atoms with Gasteiger partial charge in [-0.3, -0.25) is 4.90 Å². The summed E-state index contributed by atoms with van der Waals surface area (Å²) in [6, 6.07) is 4.48. The first kappa shape index (κ1) is 10.5. The van der Waals surface area contributed by atoms with Crippen molar-refractivity contribution in [3.8, 4) is 0 Å². The molecule has 1 aliphatic rings. The summed E-state index contributed by atoms with van der Waals surface area (Å²) in [6.07, 6.45) is 5.11. The molecule has 2 heterocycles. The SMILES string of the molecule is C[C@@H]1CC(=Cc2ccco2)[C@@H](C)N(C)C1. The summed E-state index contributed by atoms with van der Waals surface area (Å²) in [5.41, 5.74) is 1.48. The maximum absolute atomic E-state index is 5.36. The van der Waals surface area contributed by atoms with E-state index in [1.807, 2.05) is 12.1 Å². The molecule has 0 aromatic carbocycles. The third-order valence-electron chi connectivity index (χ3n) is 3.25. The number of hydrogen-bond acceptors (Lipinski definition) is 2. The van der Waals surface area contributed by atoms with E-state index in [1.54, 1.807) is 6.26 Å². The van der Waals surface area contributed by atoms with Crippen LogP contribution in [0.5, 0.6) is 0 Å². The van der Waals surface area contributed by atoms with E-state index in [0.717, 1.165) is 11.7 Å². The lowest BCUT2D eigenvalue weighted by atomic mass is 9.90. The number of hydrogen-bond donors (Lipinski definition) is 0. The van der Waals surface area contributed by atoms with Gasteiger partial charge in [0.2, 0.25) is 0 Å². The maximum atomic E-state index is 5.36. The first-order valence-corrected chi connectivity index (χ1v) is 5.61. The normalized spacial score (nSPS) is 31.0. The predicted octanol–water partition coefficient (Wildman–Crippen LogP) is 3.02. The van der Waals surface area contributed by atoms with Crippen molar-refractivity contribution in [2.45, 2.75) is 26.3 Å². The Bertz CT molecular complexity index is 339. The van der Waals surface area contributed by atoms with Gasteiger partial charge in [0.15, 0.2) is 0 Å². The van der Waals surface area contributed by atoms with Gasteiger partial charge in [0.05, 0.1) is 6.26 Å². The second-order valence-electron chi connectivity index (χ2n) is 4.66. The highest BCUT2D eigenvalue weighted by molar-refractivity contribution is 5.49. The fourth-order valence-corrected chi connectivity index (χ4v) is 2.31. The second-order valence-corrected chi connectivity index (χ2v) is 4.66. The Labute approximate surface area is 91.6 Å². The van der Waals surface area contributed by atoms with Crippen LogP contribution in [0.15, 0.2) is 28.4 Å². The summed E-state index contributed by atoms with van der Waals surface area (Å²) in [4.78, 5) is 2.41. The van der Waals surface area contributed by atoms with E-state index >= 15 is 0 Å². The number of furan rings is 1. The van der Waals surface area contributed by atoms with Crippen molar-refractivity contribution in [1.29, 1.82) is 0 Å². The molecule has 15 heavy (non-hydrogen) atoms. The molecule has 0 radical (unpaired) electrons. The molecule has 0 spiro atoms. The Morgan fingerprint density at radius 3 is 2.93 bits per heavy atom. The summed E-state index contributed by atoms with van der Waals surface area (Å²) in [6.45, 7) is 5.76. The number of likely N-dealkylation sites (tertiary alicyclic amines) is 1. The van der Waals surface area contributed by atoms with Gasteiger partial charge >= 0.3 is 0 Å². The third-order valence-corrected chi connectivity index (χ3v) is 3.25. The molecular formula is C13H19NO. The molecule has 0 saturated carbocycles. The number of likely N-dealkylation sites (N-methyl/N-ethyl adjacent to an activating group) is 1. The van der Waals surface area contributed by atoms with Gasteiger partial charge < -0.3 is 4.42 Å². The highest BCUT2D eigenvalue weighted by Gasteiger charge is 2.23. The van der Waals surface area contributed by atoms with Crippen molar-refractivity contribution >= 4 is 6.08 Å². The Kier molecular flexibility index (Phi) is 2.96. The number of nitrogens with zero attached hydrogens (tertiary/aromatic N) is 1. The molecule has 0 bridgehead atoms. The van der Waals surface area contributed by atoms with Crippen LogP contribution in [0.25, 0.3) is 6.08 Å². The van der Waals surface area contributed by atoms with Gasteiger partial charge in [-0.15, -0.1) is 0 Å². The molecule has 2 heteroatoms. The quantitative estimate of drug-likeness (QED) is 0.700. The van der Waals surface area contributed by atoms with Gasteiger partial charge in [-0.05, 0) is 50.1 Å². The largest absolute Gasteiger partial charge is 0.465 e. The minimum absolute atomic E-state index is 0.534. The first-order valence-electron chi connectivity index (χ1n) is 5.61. The Morgan fingerprint density at radius 2 is 2.27 bits per heavy atom. The fraction of sp³-hybridized carbons (Fsp3) is 0.538. The maximum Gasteiger partial charge on any atom is 0.126 e. The average molecular weight is 205 g/mol. The van der Waals surface area contributed by atoms with Crippen molar-refractivity contribution in [2.75, 3.05) is 13.6 Å². The van der Waals surface area contributed by atoms with Crippen LogP contribution in [0.4, 0.5) is 0 Å². The third kappa shape index (κ3) is 2.32. The van der Waals surface area contributed by atoms with E-state index < -0.39 is 0 Å². The summed E-state index contributed by atoms with van der Waals surface area (Å²) < 4.78 is 5.36. The van der Waals surface area contributed by atoms with Crippen LogP contribution in [0.2, 0.25) is 0 Å². The lowest BCUT2D eigenvalue weighted by Gasteiger charge is -2.36. The minimum atomic E-state index is 0.534. The standard InChI is InChI=1S/C13H19NO/c1-10-7-12(11(2)14(3)9-10)8-13-5-4-6-15-13/h4-6,8,10-11H,7,9H2,1-3H3/t10-,11-/m1/s1. The van der Waals surface area contributed by atoms with Crippen molar-refractivity contribution in [2.24, 2.45) is 5.92 Å². The van der Waals surface area contributed by atoms with Crippen molar-refractivity contribution in [3.63, 3.8) is 0 Å². The molecular weight excluding hydrogens is 186 g/mol. The van der Waals surface area contributed by atoms with Gasteiger partial charge in [-0.25, -0.2) is 0 Å². The average Bonchev–Trinajstić information content (AvgIpc) is 2.66. The molecule has 1 aromatic rings. The van der Waals surface area contributed by atoms with E-state index in [2.05, 4.69) is 31.9 Å². The monoisotopic (exact) mass is 205 g/mol. The molecule has 2 nitrogen and oxygen atoms in total. The fourth-order valence-electron chi connectivity index (χ4n) is 2.31. The lowest BCUT2D eigenvalue weighted by Crippen LogP contribution is -2.39. The second kappa shape index (κ2) is 4.23. The van der Waals surface area contributed by atoms with E-state index in [9.17, 15) is 0 Å². The van der Waals surface area contributed by atoms with Crippen LogP contribution in [0.3, 0.4) is 0 Å². The highest BCUT2D eigenvalue weighted by atomic mass is 16.3. The zero-order valence-electron chi connectivity index (χ0n) is 9.73. The topological polar surface area (TPSA) is 16.4 Å². The molecule has 0 unspecified atom stereocenters. The van der Waals surface area contributed by atoms with E-state index in [1.165, 1.54) is 18.5 Å². The molecule has 0 amide bonds. The van der Waals surface area contributed by atoms with Gasteiger partial charge in [-0.2, -0.15) is 0 Å². The minimum Gasteiger partial charge on any atom is -0.465 e. The summed E-state index contributed by atoms with van der Waals surface area (Å²) in [7, 11) is 2.19. The first-order chi connectivity index (χ1) is 7.16. The smallest absolute Gasteiger partial charge is 0.126 e. The molecule has 0 aliphatic carbocycles. The summed E-state index contributed by atoms with van der Waals surface area (Å²) >= 11 is 0. The molecule has 82 valence electrons. The summed E-state index contributed by atoms with van der Waals surface area (Å²) in [5.74, 6) is 1.71. The molecule has 1 fully saturated rings. The van der Waals surface area contributed by atoms with E-state index in [0.29, 0.717) is 6.04 Å². The van der Waals surface area contributed by atoms with Crippen LogP contribution in [0, 0.1) is 5.92 Å². The molecule has 1 aromatic heterocycles. The predicted molar refractivity (Wildman–Crippen MR) is 62.6 cm³/mol. The van der Waals surface area contributed by atoms with Crippen LogP contribution < -0.4 is 0 Å². The molecule has 0 N–H and O–H groups in total. The van der Waals surface area contributed by atoms with Crippen LogP contribution in [0.1, 0.15) is 26.0 Å². The van der Waals surface area contributed by atoms with E-state index in [-0.39, 0.29) is 0 Å². The van der Waals surface area contributed by atoms with Crippen molar-refractivity contribution in [3.05, 3.63) is 29.7 Å². The van der Waals surface area contributed by atoms with E-state index in [4.69, 9.17) is 4.42 Å². The zero-order chi connectivity index (χ0) is 10.8. The Morgan fingerprint density at radius 1 is 1.47 bits per heavy atom. The zero-order valence-corrected chi connectivity index (χ0v) is 9.73. The molecule has 1 aliphatic heterocycles. The molecule has 1 saturated heterocycles. The van der Waals surface area contributed by atoms with Gasteiger partial charge in [0.25, 0.3) is 0 Å². The molecule has 2 rings (SSSR count). The molecule has 2 atom stereocenters. The number of rotatable bonds is 1. The Balaban J connectivity index is 2.20. The van der Waals surface area contributed by atoms with Crippen molar-refractivity contribution < 1.29 is 4.42 Å². The Hall–Kier alpha value is -1.02. The van der Waals surface area contributed by atoms with Crippen LogP contribution >= 0.6 is 0 Å². The number of piperidine rings is 1. The van der Waals surface area contributed by atoms with Gasteiger partial charge in [0.1, 0.15) is 5.76 Å². The van der Waals surface area contributed by atoms with Crippen molar-refractivity contribution in [1.82, 2.24) is 4.90 Å². The summed E-state index contributed by atoms with van der Waals surface area (Å²) in [5, 5.41) is 0. The highest BCUT2D eigenvalue weighted by Crippen LogP contribution is 2.27. The van der Waals surface area contributed by atoms with Gasteiger partial charge in [0, 0.05) is 12.6 Å². The van der Waals surface area contributed by atoms with Crippen LogP contribution in [-0.4, -0.2) is 24.5 Å². The lowest BCUT2D eigenvalue weighted by molar-refractivity contribution is 0.207. The van der Waals surface area contributed by atoms with Crippen LogP contribution in [-0.2, 0) is 0 Å². The van der Waals surface area contributed by atoms with Gasteiger partial charge in [-0.1, -0.05) is 6.92 Å².